The van der Waals surface area contributed by atoms with Gasteiger partial charge in [0.1, 0.15) is 0 Å². The van der Waals surface area contributed by atoms with Crippen molar-refractivity contribution in [3.8, 4) is 0 Å². The SMILES string of the molecule is CC(CC1COCCN1)Nc1cccc2cnccc12. The normalized spacial score (nSPS) is 20.8. The smallest absolute Gasteiger partial charge is 0.0621 e. The van der Waals surface area contributed by atoms with Crippen LogP contribution in [0.3, 0.4) is 0 Å². The summed E-state index contributed by atoms with van der Waals surface area (Å²) < 4.78 is 5.50. The zero-order chi connectivity index (χ0) is 13.8. The van der Waals surface area contributed by atoms with Gasteiger partial charge >= 0.3 is 0 Å². The van der Waals surface area contributed by atoms with E-state index in [0.29, 0.717) is 12.1 Å². The lowest BCUT2D eigenvalue weighted by molar-refractivity contribution is 0.0731. The molecule has 0 saturated carbocycles. The van der Waals surface area contributed by atoms with E-state index in [4.69, 9.17) is 4.74 Å². The van der Waals surface area contributed by atoms with E-state index >= 15 is 0 Å². The molecule has 20 heavy (non-hydrogen) atoms. The van der Waals surface area contributed by atoms with Gasteiger partial charge in [-0.25, -0.2) is 0 Å². The van der Waals surface area contributed by atoms with E-state index in [9.17, 15) is 0 Å². The van der Waals surface area contributed by atoms with Crippen molar-refractivity contribution in [3.63, 3.8) is 0 Å². The Morgan fingerprint density at radius 3 is 3.25 bits per heavy atom. The van der Waals surface area contributed by atoms with Gasteiger partial charge in [0.15, 0.2) is 0 Å². The van der Waals surface area contributed by atoms with Gasteiger partial charge in [-0.2, -0.15) is 0 Å². The molecule has 2 N–H and O–H groups in total. The maximum Gasteiger partial charge on any atom is 0.0621 e. The first-order valence-electron chi connectivity index (χ1n) is 7.23. The standard InChI is InChI=1S/C16H21N3O/c1-12(9-14-11-20-8-7-18-14)19-16-4-2-3-13-10-17-6-5-15(13)16/h2-6,10,12,14,18-19H,7-9,11H2,1H3. The molecule has 1 saturated heterocycles. The summed E-state index contributed by atoms with van der Waals surface area (Å²) >= 11 is 0. The average molecular weight is 271 g/mol. The average Bonchev–Trinajstić information content (AvgIpc) is 2.48. The van der Waals surface area contributed by atoms with Crippen LogP contribution in [-0.4, -0.2) is 36.8 Å². The number of nitrogens with zero attached hydrogens (tertiary/aromatic N) is 1. The maximum absolute atomic E-state index is 5.50. The maximum atomic E-state index is 5.50. The second-order valence-corrected chi connectivity index (χ2v) is 5.41. The zero-order valence-electron chi connectivity index (χ0n) is 11.8. The van der Waals surface area contributed by atoms with Gasteiger partial charge in [0.2, 0.25) is 0 Å². The number of benzene rings is 1. The molecule has 0 radical (unpaired) electrons. The van der Waals surface area contributed by atoms with E-state index in [0.717, 1.165) is 26.2 Å². The van der Waals surface area contributed by atoms with Crippen LogP contribution in [0, 0.1) is 0 Å². The second-order valence-electron chi connectivity index (χ2n) is 5.41. The molecule has 1 aliphatic heterocycles. The van der Waals surface area contributed by atoms with Crippen molar-refractivity contribution in [1.29, 1.82) is 0 Å². The van der Waals surface area contributed by atoms with Gasteiger partial charge in [-0.1, -0.05) is 12.1 Å². The quantitative estimate of drug-likeness (QED) is 0.896. The van der Waals surface area contributed by atoms with E-state index < -0.39 is 0 Å². The third-order valence-corrected chi connectivity index (χ3v) is 3.72. The molecule has 2 atom stereocenters. The lowest BCUT2D eigenvalue weighted by atomic mass is 10.1. The minimum absolute atomic E-state index is 0.396. The number of rotatable bonds is 4. The Bertz CT molecular complexity index is 561. The van der Waals surface area contributed by atoms with Crippen LogP contribution in [0.25, 0.3) is 10.8 Å². The summed E-state index contributed by atoms with van der Waals surface area (Å²) in [7, 11) is 0. The highest BCUT2D eigenvalue weighted by Crippen LogP contribution is 2.23. The Labute approximate surface area is 119 Å². The topological polar surface area (TPSA) is 46.2 Å². The van der Waals surface area contributed by atoms with E-state index in [1.807, 2.05) is 12.4 Å². The summed E-state index contributed by atoms with van der Waals surface area (Å²) in [6.45, 7) is 4.81. The summed E-state index contributed by atoms with van der Waals surface area (Å²) in [5.41, 5.74) is 1.18. The molecular formula is C16H21N3O. The van der Waals surface area contributed by atoms with Crippen molar-refractivity contribution < 1.29 is 4.74 Å². The van der Waals surface area contributed by atoms with Crippen molar-refractivity contribution in [1.82, 2.24) is 10.3 Å². The monoisotopic (exact) mass is 271 g/mol. The molecule has 0 spiro atoms. The number of hydrogen-bond donors (Lipinski definition) is 2. The third kappa shape index (κ3) is 3.08. The van der Waals surface area contributed by atoms with E-state index in [-0.39, 0.29) is 0 Å². The zero-order valence-corrected chi connectivity index (χ0v) is 11.8. The molecule has 0 amide bonds. The predicted molar refractivity (Wildman–Crippen MR) is 82.1 cm³/mol. The fourth-order valence-corrected chi connectivity index (χ4v) is 2.77. The Kier molecular flexibility index (Phi) is 4.14. The first kappa shape index (κ1) is 13.3. The molecular weight excluding hydrogens is 250 g/mol. The summed E-state index contributed by atoms with van der Waals surface area (Å²) in [5.74, 6) is 0. The molecule has 1 aromatic carbocycles. The molecule has 1 aromatic heterocycles. The van der Waals surface area contributed by atoms with Gasteiger partial charge < -0.3 is 15.4 Å². The van der Waals surface area contributed by atoms with Crippen molar-refractivity contribution >= 4 is 16.5 Å². The van der Waals surface area contributed by atoms with Crippen LogP contribution in [0.2, 0.25) is 0 Å². The van der Waals surface area contributed by atoms with Crippen LogP contribution in [-0.2, 0) is 4.74 Å². The van der Waals surface area contributed by atoms with E-state index in [2.05, 4.69) is 46.8 Å². The molecule has 1 aliphatic rings. The predicted octanol–water partition coefficient (Wildman–Crippen LogP) is 2.41. The summed E-state index contributed by atoms with van der Waals surface area (Å²) in [4.78, 5) is 4.17. The minimum Gasteiger partial charge on any atom is -0.382 e. The van der Waals surface area contributed by atoms with Crippen LogP contribution in [0.15, 0.2) is 36.7 Å². The summed E-state index contributed by atoms with van der Waals surface area (Å²) in [5, 5.41) is 9.50. The number of nitrogens with one attached hydrogen (secondary N) is 2. The number of anilines is 1. The largest absolute Gasteiger partial charge is 0.382 e. The minimum atomic E-state index is 0.396. The second kappa shape index (κ2) is 6.20. The molecule has 2 heterocycles. The fourth-order valence-electron chi connectivity index (χ4n) is 2.77. The summed E-state index contributed by atoms with van der Waals surface area (Å²) in [6, 6.07) is 9.20. The lowest BCUT2D eigenvalue weighted by Gasteiger charge is -2.27. The van der Waals surface area contributed by atoms with Crippen LogP contribution in [0.1, 0.15) is 13.3 Å². The molecule has 106 valence electrons. The van der Waals surface area contributed by atoms with E-state index in [1.54, 1.807) is 0 Å². The van der Waals surface area contributed by atoms with Gasteiger partial charge in [-0.05, 0) is 25.5 Å². The van der Waals surface area contributed by atoms with Crippen molar-refractivity contribution in [2.45, 2.75) is 25.4 Å². The summed E-state index contributed by atoms with van der Waals surface area (Å²) in [6.07, 6.45) is 4.80. The lowest BCUT2D eigenvalue weighted by Crippen LogP contribution is -2.43. The number of morpholine rings is 1. The Morgan fingerprint density at radius 2 is 2.40 bits per heavy atom. The van der Waals surface area contributed by atoms with Gasteiger partial charge in [0.05, 0.1) is 13.2 Å². The number of aromatic nitrogens is 1. The Balaban J connectivity index is 1.69. The highest BCUT2D eigenvalue weighted by atomic mass is 16.5. The highest BCUT2D eigenvalue weighted by Gasteiger charge is 2.16. The number of hydrogen-bond acceptors (Lipinski definition) is 4. The fraction of sp³-hybridized carbons (Fsp3) is 0.438. The first-order valence-corrected chi connectivity index (χ1v) is 7.23. The number of ether oxygens (including phenoxy) is 1. The molecule has 2 unspecified atom stereocenters. The van der Waals surface area contributed by atoms with Crippen LogP contribution in [0.4, 0.5) is 5.69 Å². The molecule has 1 fully saturated rings. The van der Waals surface area contributed by atoms with Gasteiger partial charge in [0, 0.05) is 47.5 Å². The molecule has 0 bridgehead atoms. The molecule has 3 rings (SSSR count). The van der Waals surface area contributed by atoms with E-state index in [1.165, 1.54) is 16.5 Å². The van der Waals surface area contributed by atoms with Crippen molar-refractivity contribution in [2.75, 3.05) is 25.1 Å². The van der Waals surface area contributed by atoms with Crippen molar-refractivity contribution in [3.05, 3.63) is 36.7 Å². The third-order valence-electron chi connectivity index (χ3n) is 3.72. The first-order chi connectivity index (χ1) is 9.83. The number of pyridine rings is 1. The van der Waals surface area contributed by atoms with Gasteiger partial charge in [-0.3, -0.25) is 4.98 Å². The Hall–Kier alpha value is -1.65. The van der Waals surface area contributed by atoms with Gasteiger partial charge in [0.25, 0.3) is 0 Å². The van der Waals surface area contributed by atoms with Gasteiger partial charge in [-0.15, -0.1) is 0 Å². The van der Waals surface area contributed by atoms with Crippen LogP contribution >= 0.6 is 0 Å². The highest BCUT2D eigenvalue weighted by molar-refractivity contribution is 5.93. The van der Waals surface area contributed by atoms with Crippen LogP contribution in [0.5, 0.6) is 0 Å². The molecule has 4 nitrogen and oxygen atoms in total. The van der Waals surface area contributed by atoms with Crippen LogP contribution < -0.4 is 10.6 Å². The Morgan fingerprint density at radius 1 is 1.45 bits per heavy atom. The molecule has 4 heteroatoms. The van der Waals surface area contributed by atoms with Crippen molar-refractivity contribution in [2.24, 2.45) is 0 Å². The molecule has 2 aromatic rings. The number of fused-ring (bicyclic) bond motifs is 1. The molecule has 0 aliphatic carbocycles.